The number of hydrogen-bond acceptors (Lipinski definition) is 3. The first-order chi connectivity index (χ1) is 7.65. The maximum atomic E-state index is 4.33. The molecule has 5 nitrogen and oxygen atoms in total. The third-order valence-electron chi connectivity index (χ3n) is 2.15. The molecule has 0 saturated carbocycles. The molecule has 0 radical (unpaired) electrons. The van der Waals surface area contributed by atoms with Crippen LogP contribution in [0.4, 0.5) is 0 Å². The van der Waals surface area contributed by atoms with Gasteiger partial charge in [0, 0.05) is 12.7 Å². The van der Waals surface area contributed by atoms with Crippen LogP contribution < -0.4 is 0 Å². The summed E-state index contributed by atoms with van der Waals surface area (Å²) in [6, 6.07) is 1.98. The summed E-state index contributed by atoms with van der Waals surface area (Å²) in [4.78, 5) is 4.26. The standard InChI is InChI=1S/C10H14IN5/c1-8(2)5-16-10(12-7-13-16)6-15-4-3-9(11)14-15/h3-4,7-8H,5-6H2,1-2H3. The molecule has 0 fully saturated rings. The lowest BCUT2D eigenvalue weighted by molar-refractivity contribution is 0.456. The van der Waals surface area contributed by atoms with E-state index in [4.69, 9.17) is 0 Å². The quantitative estimate of drug-likeness (QED) is 0.803. The van der Waals surface area contributed by atoms with Crippen molar-refractivity contribution in [1.29, 1.82) is 0 Å². The predicted molar refractivity (Wildman–Crippen MR) is 68.9 cm³/mol. The highest BCUT2D eigenvalue weighted by molar-refractivity contribution is 14.1. The smallest absolute Gasteiger partial charge is 0.148 e. The minimum Gasteiger partial charge on any atom is -0.264 e. The summed E-state index contributed by atoms with van der Waals surface area (Å²) >= 11 is 2.20. The number of aromatic nitrogens is 5. The molecular weight excluding hydrogens is 317 g/mol. The van der Waals surface area contributed by atoms with Crippen molar-refractivity contribution in [2.45, 2.75) is 26.9 Å². The molecule has 2 heterocycles. The lowest BCUT2D eigenvalue weighted by atomic mass is 10.2. The minimum absolute atomic E-state index is 0.568. The van der Waals surface area contributed by atoms with Crippen LogP contribution in [0.15, 0.2) is 18.6 Å². The third-order valence-corrected chi connectivity index (χ3v) is 2.72. The summed E-state index contributed by atoms with van der Waals surface area (Å²) in [5, 5.41) is 8.55. The van der Waals surface area contributed by atoms with Crippen LogP contribution >= 0.6 is 22.6 Å². The van der Waals surface area contributed by atoms with Crippen LogP contribution in [-0.4, -0.2) is 24.5 Å². The fraction of sp³-hybridized carbons (Fsp3) is 0.500. The highest BCUT2D eigenvalue weighted by atomic mass is 127. The van der Waals surface area contributed by atoms with E-state index in [9.17, 15) is 0 Å². The molecule has 0 aliphatic carbocycles. The van der Waals surface area contributed by atoms with E-state index >= 15 is 0 Å². The average Bonchev–Trinajstić information content (AvgIpc) is 2.77. The van der Waals surface area contributed by atoms with E-state index in [-0.39, 0.29) is 0 Å². The summed E-state index contributed by atoms with van der Waals surface area (Å²) < 4.78 is 4.81. The molecule has 0 bridgehead atoms. The highest BCUT2D eigenvalue weighted by Crippen LogP contribution is 2.05. The van der Waals surface area contributed by atoms with Gasteiger partial charge in [0.15, 0.2) is 0 Å². The maximum absolute atomic E-state index is 4.33. The third kappa shape index (κ3) is 2.81. The van der Waals surface area contributed by atoms with Gasteiger partial charge in [-0.15, -0.1) is 0 Å². The molecule has 2 rings (SSSR count). The number of rotatable bonds is 4. The zero-order valence-electron chi connectivity index (χ0n) is 9.34. The Morgan fingerprint density at radius 2 is 2.25 bits per heavy atom. The van der Waals surface area contributed by atoms with Gasteiger partial charge < -0.3 is 0 Å². The predicted octanol–water partition coefficient (Wildman–Crippen LogP) is 1.78. The average molecular weight is 331 g/mol. The summed E-state index contributed by atoms with van der Waals surface area (Å²) in [5.41, 5.74) is 0. The normalized spacial score (nSPS) is 11.2. The van der Waals surface area contributed by atoms with Gasteiger partial charge in [0.05, 0.1) is 0 Å². The Morgan fingerprint density at radius 3 is 2.88 bits per heavy atom. The fourth-order valence-corrected chi connectivity index (χ4v) is 1.92. The van der Waals surface area contributed by atoms with E-state index in [1.54, 1.807) is 6.33 Å². The molecule has 2 aromatic rings. The van der Waals surface area contributed by atoms with Crippen molar-refractivity contribution in [2.75, 3.05) is 0 Å². The van der Waals surface area contributed by atoms with Crippen LogP contribution in [-0.2, 0) is 13.1 Å². The Hall–Kier alpha value is -0.920. The van der Waals surface area contributed by atoms with Gasteiger partial charge in [0.25, 0.3) is 0 Å². The SMILES string of the molecule is CC(C)Cn1ncnc1Cn1ccc(I)n1. The molecule has 0 spiro atoms. The molecule has 16 heavy (non-hydrogen) atoms. The summed E-state index contributed by atoms with van der Waals surface area (Å²) in [7, 11) is 0. The second kappa shape index (κ2) is 4.94. The number of halogens is 1. The van der Waals surface area contributed by atoms with Gasteiger partial charge in [-0.05, 0) is 34.6 Å². The van der Waals surface area contributed by atoms with Crippen LogP contribution in [0, 0.1) is 9.62 Å². The van der Waals surface area contributed by atoms with Crippen molar-refractivity contribution in [1.82, 2.24) is 24.5 Å². The molecule has 0 atom stereocenters. The van der Waals surface area contributed by atoms with Crippen LogP contribution in [0.25, 0.3) is 0 Å². The minimum atomic E-state index is 0.568. The van der Waals surface area contributed by atoms with Gasteiger partial charge >= 0.3 is 0 Å². The summed E-state index contributed by atoms with van der Waals surface area (Å²) in [5.74, 6) is 1.52. The van der Waals surface area contributed by atoms with Gasteiger partial charge in [-0.25, -0.2) is 9.67 Å². The van der Waals surface area contributed by atoms with E-state index in [2.05, 4.69) is 51.6 Å². The number of hydrogen-bond donors (Lipinski definition) is 0. The first-order valence-corrected chi connectivity index (χ1v) is 6.28. The highest BCUT2D eigenvalue weighted by Gasteiger charge is 2.07. The van der Waals surface area contributed by atoms with E-state index in [0.717, 1.165) is 16.1 Å². The molecule has 6 heteroatoms. The molecule has 0 aliphatic heterocycles. The van der Waals surface area contributed by atoms with Gasteiger partial charge in [0.1, 0.15) is 22.4 Å². The zero-order chi connectivity index (χ0) is 11.5. The van der Waals surface area contributed by atoms with Crippen LogP contribution in [0.2, 0.25) is 0 Å². The molecule has 2 aromatic heterocycles. The molecule has 86 valence electrons. The number of nitrogens with zero attached hydrogens (tertiary/aromatic N) is 5. The Labute approximate surface area is 108 Å². The van der Waals surface area contributed by atoms with Gasteiger partial charge in [0.2, 0.25) is 0 Å². The zero-order valence-corrected chi connectivity index (χ0v) is 11.5. The van der Waals surface area contributed by atoms with Crippen molar-refractivity contribution >= 4 is 22.6 Å². The van der Waals surface area contributed by atoms with Crippen LogP contribution in [0.3, 0.4) is 0 Å². The first kappa shape index (κ1) is 11.6. The van der Waals surface area contributed by atoms with Crippen molar-refractivity contribution in [3.05, 3.63) is 28.1 Å². The summed E-state index contributed by atoms with van der Waals surface area (Å²) in [6.07, 6.45) is 3.56. The van der Waals surface area contributed by atoms with E-state index in [1.165, 1.54) is 0 Å². The maximum Gasteiger partial charge on any atom is 0.148 e. The van der Waals surface area contributed by atoms with Crippen molar-refractivity contribution < 1.29 is 0 Å². The molecular formula is C10H14IN5. The van der Waals surface area contributed by atoms with E-state index < -0.39 is 0 Å². The largest absolute Gasteiger partial charge is 0.264 e. The first-order valence-electron chi connectivity index (χ1n) is 5.21. The van der Waals surface area contributed by atoms with E-state index in [0.29, 0.717) is 12.5 Å². The molecule has 0 N–H and O–H groups in total. The molecule has 0 unspecified atom stereocenters. The van der Waals surface area contributed by atoms with Crippen molar-refractivity contribution in [3.63, 3.8) is 0 Å². The Bertz CT molecular complexity index is 459. The Morgan fingerprint density at radius 1 is 1.44 bits per heavy atom. The monoisotopic (exact) mass is 331 g/mol. The van der Waals surface area contributed by atoms with Crippen molar-refractivity contribution in [3.8, 4) is 0 Å². The van der Waals surface area contributed by atoms with E-state index in [1.807, 2.05) is 21.6 Å². The summed E-state index contributed by atoms with van der Waals surface area (Å²) in [6.45, 7) is 5.91. The fourth-order valence-electron chi connectivity index (χ4n) is 1.48. The molecule has 0 aliphatic rings. The second-order valence-electron chi connectivity index (χ2n) is 4.09. The van der Waals surface area contributed by atoms with Crippen LogP contribution in [0.5, 0.6) is 0 Å². The second-order valence-corrected chi connectivity index (χ2v) is 5.19. The van der Waals surface area contributed by atoms with Gasteiger partial charge in [-0.2, -0.15) is 10.2 Å². The lowest BCUT2D eigenvalue weighted by Gasteiger charge is -2.08. The molecule has 0 saturated heterocycles. The molecule has 0 aromatic carbocycles. The van der Waals surface area contributed by atoms with Gasteiger partial charge in [-0.3, -0.25) is 4.68 Å². The lowest BCUT2D eigenvalue weighted by Crippen LogP contribution is -2.13. The Balaban J connectivity index is 2.12. The Kier molecular flexibility index (Phi) is 3.57. The van der Waals surface area contributed by atoms with Crippen LogP contribution in [0.1, 0.15) is 19.7 Å². The van der Waals surface area contributed by atoms with Gasteiger partial charge in [-0.1, -0.05) is 13.8 Å². The van der Waals surface area contributed by atoms with Crippen molar-refractivity contribution in [2.24, 2.45) is 5.92 Å². The topological polar surface area (TPSA) is 48.5 Å². The molecule has 0 amide bonds.